The second kappa shape index (κ2) is 6.46. The van der Waals surface area contributed by atoms with Gasteiger partial charge in [0.15, 0.2) is 0 Å². The van der Waals surface area contributed by atoms with E-state index in [2.05, 4.69) is 5.10 Å². The lowest BCUT2D eigenvalue weighted by Crippen LogP contribution is -2.47. The summed E-state index contributed by atoms with van der Waals surface area (Å²) in [4.78, 5) is 12.7. The molecule has 2 N–H and O–H groups in total. The molecule has 3 rings (SSSR count). The van der Waals surface area contributed by atoms with Gasteiger partial charge in [0.2, 0.25) is 0 Å². The van der Waals surface area contributed by atoms with Gasteiger partial charge in [0.25, 0.3) is 11.8 Å². The third-order valence-corrected chi connectivity index (χ3v) is 5.30. The van der Waals surface area contributed by atoms with Crippen molar-refractivity contribution in [3.8, 4) is 0 Å². The molecule has 0 radical (unpaired) electrons. The number of hydroxylamine groups is 1. The zero-order valence-corrected chi connectivity index (χ0v) is 15.1. The van der Waals surface area contributed by atoms with Crippen LogP contribution in [-0.4, -0.2) is 26.8 Å². The van der Waals surface area contributed by atoms with Crippen molar-refractivity contribution in [3.63, 3.8) is 0 Å². The molecule has 0 saturated heterocycles. The number of benzene rings is 1. The lowest BCUT2D eigenvalue weighted by Gasteiger charge is -2.36. The molecule has 0 saturated carbocycles. The van der Waals surface area contributed by atoms with Crippen molar-refractivity contribution in [1.29, 1.82) is 0 Å². The highest BCUT2D eigenvalue weighted by Crippen LogP contribution is 2.40. The molecule has 26 heavy (non-hydrogen) atoms. The molecule has 2 aromatic rings. The number of carbonyl (C=O) groups excluding carboxylic acids is 1. The first-order valence-electron chi connectivity index (χ1n) is 8.60. The molecule has 1 amide bonds. The van der Waals surface area contributed by atoms with E-state index in [4.69, 9.17) is 0 Å². The molecule has 1 aromatic carbocycles. The van der Waals surface area contributed by atoms with Gasteiger partial charge in [0.1, 0.15) is 6.54 Å². The molecule has 1 atom stereocenters. The fourth-order valence-electron chi connectivity index (χ4n) is 3.89. The Balaban J connectivity index is 2.04. The molecule has 1 aliphatic carbocycles. The number of hydrogen-bond acceptors (Lipinski definition) is 3. The Labute approximate surface area is 151 Å². The third-order valence-electron chi connectivity index (χ3n) is 5.30. The first kappa shape index (κ1) is 18.5. The second-order valence-electron chi connectivity index (χ2n) is 7.32. The Morgan fingerprint density at radius 1 is 1.42 bits per heavy atom. The van der Waals surface area contributed by atoms with Crippen LogP contribution in [0.25, 0.3) is 0 Å². The highest BCUT2D eigenvalue weighted by atomic mass is 19.3. The Kier molecular flexibility index (Phi) is 4.60. The van der Waals surface area contributed by atoms with Crippen molar-refractivity contribution in [1.82, 2.24) is 15.3 Å². The number of amides is 1. The van der Waals surface area contributed by atoms with E-state index in [0.29, 0.717) is 19.3 Å². The first-order valence-corrected chi connectivity index (χ1v) is 8.60. The highest BCUT2D eigenvalue weighted by Gasteiger charge is 2.45. The molecule has 0 fully saturated rings. The van der Waals surface area contributed by atoms with Crippen LogP contribution in [0.1, 0.15) is 41.3 Å². The molecule has 7 heteroatoms. The topological polar surface area (TPSA) is 67.2 Å². The molecular weight excluding hydrogens is 340 g/mol. The van der Waals surface area contributed by atoms with Crippen LogP contribution in [0, 0.1) is 13.8 Å². The van der Waals surface area contributed by atoms with E-state index < -0.39 is 23.8 Å². The first-order chi connectivity index (χ1) is 12.2. The van der Waals surface area contributed by atoms with Crippen molar-refractivity contribution >= 4 is 5.91 Å². The Hall–Kier alpha value is -2.28. The van der Waals surface area contributed by atoms with Crippen LogP contribution in [-0.2, 0) is 29.6 Å². The van der Waals surface area contributed by atoms with Crippen LogP contribution in [0.15, 0.2) is 24.4 Å². The fourth-order valence-corrected chi connectivity index (χ4v) is 3.89. The van der Waals surface area contributed by atoms with Gasteiger partial charge >= 0.3 is 0 Å². The fraction of sp³-hybridized carbons (Fsp3) is 0.474. The third kappa shape index (κ3) is 3.23. The predicted molar refractivity (Wildman–Crippen MR) is 92.4 cm³/mol. The minimum absolute atomic E-state index is 0.314. The number of nitrogens with one attached hydrogen (secondary N) is 1. The maximum Gasteiger partial charge on any atom is 0.264 e. The van der Waals surface area contributed by atoms with Crippen molar-refractivity contribution in [2.24, 2.45) is 0 Å². The summed E-state index contributed by atoms with van der Waals surface area (Å²) in [5, 5.41) is 13.6. The maximum absolute atomic E-state index is 13.3. The predicted octanol–water partition coefficient (Wildman–Crippen LogP) is 3.09. The lowest BCUT2D eigenvalue weighted by atomic mass is 9.67. The van der Waals surface area contributed by atoms with Crippen LogP contribution in [0.5, 0.6) is 0 Å². The summed E-state index contributed by atoms with van der Waals surface area (Å²) in [6.45, 7) is 4.28. The van der Waals surface area contributed by atoms with Crippen molar-refractivity contribution in [3.05, 3.63) is 52.3 Å². The minimum Gasteiger partial charge on any atom is -0.289 e. The van der Waals surface area contributed by atoms with E-state index in [1.165, 1.54) is 4.68 Å². The summed E-state index contributed by atoms with van der Waals surface area (Å²) in [5.41, 5.74) is 5.27. The number of rotatable bonds is 4. The zero-order chi connectivity index (χ0) is 19.1. The van der Waals surface area contributed by atoms with E-state index in [9.17, 15) is 18.8 Å². The highest BCUT2D eigenvalue weighted by molar-refractivity contribution is 5.88. The average molecular weight is 363 g/mol. The van der Waals surface area contributed by atoms with Crippen LogP contribution in [0.3, 0.4) is 0 Å². The number of nitrogens with zero attached hydrogens (tertiary/aromatic N) is 2. The Morgan fingerprint density at radius 3 is 2.81 bits per heavy atom. The van der Waals surface area contributed by atoms with Gasteiger partial charge < -0.3 is 0 Å². The molecular formula is C19H23F2N3O2. The number of halogens is 2. The maximum atomic E-state index is 13.3. The van der Waals surface area contributed by atoms with Gasteiger partial charge in [-0.3, -0.25) is 14.7 Å². The van der Waals surface area contributed by atoms with Crippen molar-refractivity contribution in [2.75, 3.05) is 0 Å². The SMILES string of the molecule is Cc1cccc(C2(C(=O)NO)CCc3nn(CC(C)(F)F)cc3C2)c1C. The summed E-state index contributed by atoms with van der Waals surface area (Å²) in [7, 11) is 0. The van der Waals surface area contributed by atoms with E-state index in [0.717, 1.165) is 34.9 Å². The van der Waals surface area contributed by atoms with Crippen molar-refractivity contribution < 1.29 is 18.8 Å². The number of aromatic nitrogens is 2. The number of aryl methyl sites for hydroxylation is 2. The van der Waals surface area contributed by atoms with Crippen LogP contribution in [0.2, 0.25) is 0 Å². The summed E-state index contributed by atoms with van der Waals surface area (Å²) in [5.74, 6) is -3.34. The number of hydrogen-bond donors (Lipinski definition) is 2. The Morgan fingerprint density at radius 2 is 2.15 bits per heavy atom. The van der Waals surface area contributed by atoms with Crippen molar-refractivity contribution in [2.45, 2.75) is 57.9 Å². The summed E-state index contributed by atoms with van der Waals surface area (Å²) < 4.78 is 27.9. The quantitative estimate of drug-likeness (QED) is 0.648. The van der Waals surface area contributed by atoms with Gasteiger partial charge in [-0.1, -0.05) is 18.2 Å². The Bertz CT molecular complexity index is 842. The average Bonchev–Trinajstić information content (AvgIpc) is 2.95. The standard InChI is InChI=1S/C19H23F2N3O2/c1-12-5-4-6-15(13(12)2)19(17(25)23-26)8-7-16-14(9-19)10-24(22-16)11-18(3,20)21/h4-6,10,26H,7-9,11H2,1-3H3,(H,23,25). The van der Waals surface area contributed by atoms with E-state index >= 15 is 0 Å². The van der Waals surface area contributed by atoms with Gasteiger partial charge in [-0.15, -0.1) is 0 Å². The van der Waals surface area contributed by atoms with Gasteiger partial charge in [-0.25, -0.2) is 14.3 Å². The largest absolute Gasteiger partial charge is 0.289 e. The molecule has 140 valence electrons. The van der Waals surface area contributed by atoms with E-state index in [-0.39, 0.29) is 0 Å². The summed E-state index contributed by atoms with van der Waals surface area (Å²) in [6, 6.07) is 5.76. The van der Waals surface area contributed by atoms with Gasteiger partial charge in [0.05, 0.1) is 11.1 Å². The van der Waals surface area contributed by atoms with Gasteiger partial charge in [0, 0.05) is 13.1 Å². The molecule has 1 heterocycles. The van der Waals surface area contributed by atoms with Crippen LogP contribution < -0.4 is 5.48 Å². The monoisotopic (exact) mass is 363 g/mol. The summed E-state index contributed by atoms with van der Waals surface area (Å²) >= 11 is 0. The molecule has 0 aliphatic heterocycles. The molecule has 5 nitrogen and oxygen atoms in total. The number of carbonyl (C=O) groups is 1. The lowest BCUT2D eigenvalue weighted by molar-refractivity contribution is -0.135. The van der Waals surface area contributed by atoms with E-state index in [1.807, 2.05) is 37.5 Å². The summed E-state index contributed by atoms with van der Waals surface area (Å²) in [6.07, 6.45) is 2.85. The number of alkyl halides is 2. The minimum atomic E-state index is -2.86. The number of fused-ring (bicyclic) bond motifs is 1. The van der Waals surface area contributed by atoms with Gasteiger partial charge in [-0.05, 0) is 55.4 Å². The van der Waals surface area contributed by atoms with E-state index in [1.54, 1.807) is 6.20 Å². The zero-order valence-electron chi connectivity index (χ0n) is 15.1. The normalized spacial score (nSPS) is 19.9. The molecule has 0 spiro atoms. The molecule has 1 unspecified atom stereocenters. The van der Waals surface area contributed by atoms with Gasteiger partial charge in [-0.2, -0.15) is 5.10 Å². The van der Waals surface area contributed by atoms with Crippen LogP contribution >= 0.6 is 0 Å². The molecule has 1 aliphatic rings. The molecule has 1 aromatic heterocycles. The van der Waals surface area contributed by atoms with Crippen LogP contribution in [0.4, 0.5) is 8.78 Å². The second-order valence-corrected chi connectivity index (χ2v) is 7.32. The molecule has 0 bridgehead atoms. The smallest absolute Gasteiger partial charge is 0.264 e.